The van der Waals surface area contributed by atoms with E-state index in [1.54, 1.807) is 0 Å². The van der Waals surface area contributed by atoms with Crippen LogP contribution < -0.4 is 10.5 Å². The Hall–Kier alpha value is -0.730. The molecule has 92 valence electrons. The van der Waals surface area contributed by atoms with Gasteiger partial charge in [-0.25, -0.2) is 0 Å². The van der Waals surface area contributed by atoms with Crippen LogP contribution >= 0.6 is 11.6 Å². The molecule has 0 bridgehead atoms. The summed E-state index contributed by atoms with van der Waals surface area (Å²) in [6.45, 7) is 2.90. The van der Waals surface area contributed by atoms with Gasteiger partial charge in [0, 0.05) is 17.5 Å². The van der Waals surface area contributed by atoms with Crippen molar-refractivity contribution in [3.8, 4) is 5.75 Å². The minimum absolute atomic E-state index is 0.249. The molecule has 3 heteroatoms. The molecular formula is C14H18ClNO. The van der Waals surface area contributed by atoms with E-state index in [0.29, 0.717) is 5.41 Å². The first-order valence-electron chi connectivity index (χ1n) is 6.30. The molecule has 1 unspecified atom stereocenters. The monoisotopic (exact) mass is 251 g/mol. The lowest BCUT2D eigenvalue weighted by Gasteiger charge is -2.21. The maximum atomic E-state index is 6.17. The molecule has 1 saturated carbocycles. The average molecular weight is 252 g/mol. The van der Waals surface area contributed by atoms with Gasteiger partial charge in [-0.1, -0.05) is 11.6 Å². The third-order valence-corrected chi connectivity index (χ3v) is 4.44. The molecule has 2 aliphatic rings. The van der Waals surface area contributed by atoms with Crippen molar-refractivity contribution >= 4 is 11.6 Å². The lowest BCUT2D eigenvalue weighted by Crippen LogP contribution is -2.29. The third-order valence-electron chi connectivity index (χ3n) is 4.23. The van der Waals surface area contributed by atoms with Crippen molar-refractivity contribution in [2.75, 3.05) is 6.61 Å². The highest BCUT2D eigenvalue weighted by Crippen LogP contribution is 2.52. The Bertz CT molecular complexity index is 452. The molecule has 0 amide bonds. The predicted octanol–water partition coefficient (Wildman–Crippen LogP) is 2.94. The third kappa shape index (κ3) is 1.94. The van der Waals surface area contributed by atoms with Gasteiger partial charge in [-0.05, 0) is 54.9 Å². The van der Waals surface area contributed by atoms with Crippen LogP contribution in [0.4, 0.5) is 0 Å². The van der Waals surface area contributed by atoms with Gasteiger partial charge in [-0.2, -0.15) is 0 Å². The molecule has 2 N–H and O–H groups in total. The number of benzene rings is 1. The second-order valence-electron chi connectivity index (χ2n) is 5.48. The van der Waals surface area contributed by atoms with Gasteiger partial charge in [0.15, 0.2) is 0 Å². The highest BCUT2D eigenvalue weighted by molar-refractivity contribution is 6.30. The largest absolute Gasteiger partial charge is 0.493 e. The normalized spacial score (nSPS) is 21.8. The molecule has 0 spiro atoms. The molecule has 2 nitrogen and oxygen atoms in total. The molecule has 3 rings (SSSR count). The topological polar surface area (TPSA) is 35.2 Å². The van der Waals surface area contributed by atoms with Crippen molar-refractivity contribution in [3.05, 3.63) is 28.3 Å². The van der Waals surface area contributed by atoms with Gasteiger partial charge in [-0.15, -0.1) is 0 Å². The Morgan fingerprint density at radius 2 is 2.24 bits per heavy atom. The lowest BCUT2D eigenvalue weighted by molar-refractivity contribution is 0.345. The lowest BCUT2D eigenvalue weighted by atomic mass is 9.89. The van der Waals surface area contributed by atoms with E-state index in [1.807, 2.05) is 12.1 Å². The zero-order valence-corrected chi connectivity index (χ0v) is 10.9. The summed E-state index contributed by atoms with van der Waals surface area (Å²) in [5.41, 5.74) is 8.89. The van der Waals surface area contributed by atoms with Crippen LogP contribution in [0.2, 0.25) is 5.02 Å². The molecule has 17 heavy (non-hydrogen) atoms. The van der Waals surface area contributed by atoms with E-state index in [1.165, 1.54) is 24.0 Å². The molecule has 1 aromatic carbocycles. The fraction of sp³-hybridized carbons (Fsp3) is 0.571. The van der Waals surface area contributed by atoms with Gasteiger partial charge in [0.1, 0.15) is 5.75 Å². The van der Waals surface area contributed by atoms with Crippen LogP contribution in [0.1, 0.15) is 30.9 Å². The molecular weight excluding hydrogens is 234 g/mol. The van der Waals surface area contributed by atoms with Gasteiger partial charge in [-0.3, -0.25) is 0 Å². The Morgan fingerprint density at radius 3 is 2.88 bits per heavy atom. The quantitative estimate of drug-likeness (QED) is 0.897. The van der Waals surface area contributed by atoms with Crippen LogP contribution in [0.15, 0.2) is 12.1 Å². The molecule has 1 aliphatic heterocycles. The van der Waals surface area contributed by atoms with Crippen molar-refractivity contribution in [2.24, 2.45) is 11.1 Å². The van der Waals surface area contributed by atoms with Crippen LogP contribution in [0.3, 0.4) is 0 Å². The highest BCUT2D eigenvalue weighted by Gasteiger charge is 2.46. The summed E-state index contributed by atoms with van der Waals surface area (Å²) in [6.07, 6.45) is 4.44. The minimum atomic E-state index is 0.249. The van der Waals surface area contributed by atoms with Gasteiger partial charge in [0.2, 0.25) is 0 Å². The molecule has 0 aromatic heterocycles. The summed E-state index contributed by atoms with van der Waals surface area (Å²) in [5, 5.41) is 0.824. The van der Waals surface area contributed by atoms with Crippen LogP contribution in [-0.2, 0) is 12.8 Å². The number of hydrogen-bond donors (Lipinski definition) is 1. The van der Waals surface area contributed by atoms with Crippen molar-refractivity contribution in [3.63, 3.8) is 0 Å². The first kappa shape index (κ1) is 11.4. The number of rotatable bonds is 3. The van der Waals surface area contributed by atoms with Crippen molar-refractivity contribution in [1.82, 2.24) is 0 Å². The van der Waals surface area contributed by atoms with Crippen molar-refractivity contribution in [2.45, 2.75) is 38.6 Å². The van der Waals surface area contributed by atoms with E-state index in [2.05, 4.69) is 6.92 Å². The molecule has 1 aromatic rings. The smallest absolute Gasteiger partial charge is 0.125 e. The zero-order valence-electron chi connectivity index (χ0n) is 10.1. The molecule has 1 heterocycles. The first-order chi connectivity index (χ1) is 8.11. The second kappa shape index (κ2) is 3.89. The van der Waals surface area contributed by atoms with Crippen LogP contribution in [0, 0.1) is 5.41 Å². The molecule has 1 atom stereocenters. The van der Waals surface area contributed by atoms with Gasteiger partial charge < -0.3 is 10.5 Å². The van der Waals surface area contributed by atoms with Crippen LogP contribution in [0.25, 0.3) is 0 Å². The Balaban J connectivity index is 1.93. The summed E-state index contributed by atoms with van der Waals surface area (Å²) < 4.78 is 5.74. The first-order valence-corrected chi connectivity index (χ1v) is 6.68. The number of ether oxygens (including phenoxy) is 1. The highest BCUT2D eigenvalue weighted by atomic mass is 35.5. The fourth-order valence-corrected chi connectivity index (χ4v) is 3.07. The Morgan fingerprint density at radius 1 is 1.47 bits per heavy atom. The minimum Gasteiger partial charge on any atom is -0.493 e. The Labute approximate surface area is 107 Å². The molecule has 0 radical (unpaired) electrons. The standard InChI is InChI=1S/C14H18ClNO/c1-9(16)14(3-4-14)8-11-7-12(15)6-10-2-5-17-13(10)11/h6-7,9H,2-5,8,16H2,1H3. The van der Waals surface area contributed by atoms with E-state index in [4.69, 9.17) is 22.1 Å². The van der Waals surface area contributed by atoms with E-state index >= 15 is 0 Å². The zero-order chi connectivity index (χ0) is 12.0. The van der Waals surface area contributed by atoms with Gasteiger partial charge in [0.05, 0.1) is 6.61 Å². The number of halogens is 1. The van der Waals surface area contributed by atoms with Gasteiger partial charge in [0.25, 0.3) is 0 Å². The summed E-state index contributed by atoms with van der Waals surface area (Å²) in [5.74, 6) is 1.07. The summed E-state index contributed by atoms with van der Waals surface area (Å²) in [6, 6.07) is 4.33. The maximum Gasteiger partial charge on any atom is 0.125 e. The second-order valence-corrected chi connectivity index (χ2v) is 5.92. The average Bonchev–Trinajstić information content (AvgIpc) is 2.88. The van der Waals surface area contributed by atoms with Crippen LogP contribution in [0.5, 0.6) is 5.75 Å². The van der Waals surface area contributed by atoms with Gasteiger partial charge >= 0.3 is 0 Å². The molecule has 1 fully saturated rings. The van der Waals surface area contributed by atoms with Crippen LogP contribution in [-0.4, -0.2) is 12.6 Å². The van der Waals surface area contributed by atoms with E-state index in [9.17, 15) is 0 Å². The molecule has 0 saturated heterocycles. The molecule has 1 aliphatic carbocycles. The van der Waals surface area contributed by atoms with Crippen molar-refractivity contribution < 1.29 is 4.74 Å². The number of fused-ring (bicyclic) bond motifs is 1. The SMILES string of the molecule is CC(N)C1(Cc2cc(Cl)cc3c2OCC3)CC1. The Kier molecular flexibility index (Phi) is 2.60. The van der Waals surface area contributed by atoms with E-state index in [0.717, 1.165) is 30.2 Å². The fourth-order valence-electron chi connectivity index (χ4n) is 2.81. The van der Waals surface area contributed by atoms with E-state index in [-0.39, 0.29) is 6.04 Å². The number of nitrogens with two attached hydrogens (primary N) is 1. The van der Waals surface area contributed by atoms with Crippen molar-refractivity contribution in [1.29, 1.82) is 0 Å². The number of hydrogen-bond acceptors (Lipinski definition) is 2. The van der Waals surface area contributed by atoms with E-state index < -0.39 is 0 Å². The summed E-state index contributed by atoms with van der Waals surface area (Å²) >= 11 is 6.17. The summed E-state index contributed by atoms with van der Waals surface area (Å²) in [4.78, 5) is 0. The summed E-state index contributed by atoms with van der Waals surface area (Å²) in [7, 11) is 0. The maximum absolute atomic E-state index is 6.17. The predicted molar refractivity (Wildman–Crippen MR) is 69.7 cm³/mol.